The molecule has 154 valence electrons. The SMILES string of the molecule is CCNC(=NCC1CCN(c2ccccc2OC)C1)NCCCOCC.I. The van der Waals surface area contributed by atoms with Crippen LogP contribution in [0.3, 0.4) is 0 Å². The van der Waals surface area contributed by atoms with E-state index in [-0.39, 0.29) is 24.0 Å². The Hall–Kier alpha value is -1.22. The maximum Gasteiger partial charge on any atom is 0.191 e. The van der Waals surface area contributed by atoms with Gasteiger partial charge in [-0.05, 0) is 44.7 Å². The predicted molar refractivity (Wildman–Crippen MR) is 124 cm³/mol. The van der Waals surface area contributed by atoms with Gasteiger partial charge in [0.25, 0.3) is 0 Å². The predicted octanol–water partition coefficient (Wildman–Crippen LogP) is 3.12. The van der Waals surface area contributed by atoms with E-state index in [1.165, 1.54) is 5.69 Å². The van der Waals surface area contributed by atoms with E-state index in [2.05, 4.69) is 34.6 Å². The molecule has 1 aromatic carbocycles. The first-order valence-corrected chi connectivity index (χ1v) is 9.76. The van der Waals surface area contributed by atoms with Crippen LogP contribution in [0.4, 0.5) is 5.69 Å². The Balaban J connectivity index is 0.00000364. The highest BCUT2D eigenvalue weighted by Gasteiger charge is 2.24. The minimum Gasteiger partial charge on any atom is -0.495 e. The highest BCUT2D eigenvalue weighted by atomic mass is 127. The number of nitrogens with zero attached hydrogens (tertiary/aromatic N) is 2. The molecule has 0 saturated carbocycles. The maximum atomic E-state index is 5.50. The van der Waals surface area contributed by atoms with Gasteiger partial charge in [-0.3, -0.25) is 4.99 Å². The highest BCUT2D eigenvalue weighted by Crippen LogP contribution is 2.31. The van der Waals surface area contributed by atoms with Crippen LogP contribution >= 0.6 is 24.0 Å². The van der Waals surface area contributed by atoms with Gasteiger partial charge in [-0.25, -0.2) is 0 Å². The molecule has 27 heavy (non-hydrogen) atoms. The molecule has 1 unspecified atom stereocenters. The van der Waals surface area contributed by atoms with Crippen molar-refractivity contribution in [3.05, 3.63) is 24.3 Å². The molecular weight excluding hydrogens is 455 g/mol. The molecule has 1 aromatic rings. The van der Waals surface area contributed by atoms with E-state index in [0.29, 0.717) is 5.92 Å². The molecule has 0 radical (unpaired) electrons. The number of rotatable bonds is 10. The summed E-state index contributed by atoms with van der Waals surface area (Å²) < 4.78 is 10.9. The third kappa shape index (κ3) is 8.13. The fourth-order valence-electron chi connectivity index (χ4n) is 3.18. The maximum absolute atomic E-state index is 5.50. The molecule has 0 aromatic heterocycles. The van der Waals surface area contributed by atoms with Gasteiger partial charge in [0, 0.05) is 45.9 Å². The number of guanidine groups is 1. The van der Waals surface area contributed by atoms with E-state index < -0.39 is 0 Å². The van der Waals surface area contributed by atoms with Crippen molar-refractivity contribution in [2.75, 3.05) is 57.9 Å². The first kappa shape index (κ1) is 23.8. The van der Waals surface area contributed by atoms with Crippen molar-refractivity contribution in [2.24, 2.45) is 10.9 Å². The summed E-state index contributed by atoms with van der Waals surface area (Å²) >= 11 is 0. The zero-order valence-corrected chi connectivity index (χ0v) is 19.2. The van der Waals surface area contributed by atoms with E-state index in [9.17, 15) is 0 Å². The summed E-state index contributed by atoms with van der Waals surface area (Å²) in [7, 11) is 1.73. The number of hydrogen-bond acceptors (Lipinski definition) is 4. The van der Waals surface area contributed by atoms with Crippen LogP contribution in [0.25, 0.3) is 0 Å². The van der Waals surface area contributed by atoms with Gasteiger partial charge in [-0.2, -0.15) is 0 Å². The quantitative estimate of drug-likeness (QED) is 0.229. The zero-order valence-electron chi connectivity index (χ0n) is 16.9. The number of nitrogens with one attached hydrogen (secondary N) is 2. The molecule has 0 aliphatic carbocycles. The summed E-state index contributed by atoms with van der Waals surface area (Å²) in [5, 5.41) is 6.71. The number of anilines is 1. The van der Waals surface area contributed by atoms with Crippen LogP contribution in [0.5, 0.6) is 5.75 Å². The van der Waals surface area contributed by atoms with Gasteiger partial charge in [0.1, 0.15) is 5.75 Å². The van der Waals surface area contributed by atoms with Gasteiger partial charge in [0.05, 0.1) is 12.8 Å². The molecule has 1 aliphatic rings. The van der Waals surface area contributed by atoms with Gasteiger partial charge < -0.3 is 25.0 Å². The second kappa shape index (κ2) is 13.9. The number of hydrogen-bond donors (Lipinski definition) is 2. The number of para-hydroxylation sites is 2. The number of ether oxygens (including phenoxy) is 2. The van der Waals surface area contributed by atoms with E-state index in [1.54, 1.807) is 7.11 Å². The van der Waals surface area contributed by atoms with Crippen molar-refractivity contribution in [1.82, 2.24) is 10.6 Å². The molecule has 1 atom stereocenters. The van der Waals surface area contributed by atoms with E-state index >= 15 is 0 Å². The van der Waals surface area contributed by atoms with E-state index in [1.807, 2.05) is 19.1 Å². The number of methoxy groups -OCH3 is 1. The first-order chi connectivity index (χ1) is 12.8. The molecule has 1 fully saturated rings. The van der Waals surface area contributed by atoms with Crippen molar-refractivity contribution < 1.29 is 9.47 Å². The Morgan fingerprint density at radius 2 is 2.07 bits per heavy atom. The van der Waals surface area contributed by atoms with Crippen LogP contribution in [0.2, 0.25) is 0 Å². The summed E-state index contributed by atoms with van der Waals surface area (Å²) in [6.45, 7) is 10.3. The van der Waals surface area contributed by atoms with Crippen LogP contribution in [0.1, 0.15) is 26.7 Å². The molecule has 1 saturated heterocycles. The Kier molecular flexibility index (Phi) is 12.2. The topological polar surface area (TPSA) is 58.1 Å². The van der Waals surface area contributed by atoms with Crippen molar-refractivity contribution in [1.29, 1.82) is 0 Å². The normalized spacial score (nSPS) is 16.8. The van der Waals surface area contributed by atoms with Gasteiger partial charge >= 0.3 is 0 Å². The van der Waals surface area contributed by atoms with Gasteiger partial charge in [-0.15, -0.1) is 24.0 Å². The molecule has 0 amide bonds. The summed E-state index contributed by atoms with van der Waals surface area (Å²) in [4.78, 5) is 7.18. The third-order valence-electron chi connectivity index (χ3n) is 4.53. The van der Waals surface area contributed by atoms with E-state index in [0.717, 1.165) is 70.5 Å². The lowest BCUT2D eigenvalue weighted by atomic mass is 10.1. The van der Waals surface area contributed by atoms with Crippen molar-refractivity contribution >= 4 is 35.6 Å². The Morgan fingerprint density at radius 3 is 2.81 bits per heavy atom. The lowest BCUT2D eigenvalue weighted by Gasteiger charge is -2.21. The molecule has 2 rings (SSSR count). The summed E-state index contributed by atoms with van der Waals surface area (Å²) in [6.07, 6.45) is 2.15. The lowest BCUT2D eigenvalue weighted by Crippen LogP contribution is -2.38. The smallest absolute Gasteiger partial charge is 0.191 e. The Bertz CT molecular complexity index is 557. The van der Waals surface area contributed by atoms with E-state index in [4.69, 9.17) is 14.5 Å². The first-order valence-electron chi connectivity index (χ1n) is 9.76. The number of benzene rings is 1. The van der Waals surface area contributed by atoms with Gasteiger partial charge in [0.15, 0.2) is 5.96 Å². The summed E-state index contributed by atoms with van der Waals surface area (Å²) in [6, 6.07) is 8.24. The highest BCUT2D eigenvalue weighted by molar-refractivity contribution is 14.0. The molecule has 7 heteroatoms. The number of halogens is 1. The largest absolute Gasteiger partial charge is 0.495 e. The Labute approximate surface area is 181 Å². The fourth-order valence-corrected chi connectivity index (χ4v) is 3.18. The molecule has 6 nitrogen and oxygen atoms in total. The zero-order chi connectivity index (χ0) is 18.6. The van der Waals surface area contributed by atoms with Crippen molar-refractivity contribution in [2.45, 2.75) is 26.7 Å². The summed E-state index contributed by atoms with van der Waals surface area (Å²) in [5.74, 6) is 2.42. The molecular formula is C20H35IN4O2. The number of aliphatic imine (C=N–C) groups is 1. The van der Waals surface area contributed by atoms with Crippen LogP contribution in [-0.4, -0.2) is 59.0 Å². The molecule has 0 bridgehead atoms. The van der Waals surface area contributed by atoms with Crippen LogP contribution < -0.4 is 20.3 Å². The van der Waals surface area contributed by atoms with Crippen LogP contribution in [0.15, 0.2) is 29.3 Å². The molecule has 2 N–H and O–H groups in total. The second-order valence-corrected chi connectivity index (χ2v) is 6.47. The van der Waals surface area contributed by atoms with Crippen molar-refractivity contribution in [3.63, 3.8) is 0 Å². The third-order valence-corrected chi connectivity index (χ3v) is 4.53. The van der Waals surface area contributed by atoms with Gasteiger partial charge in [-0.1, -0.05) is 12.1 Å². The molecule has 1 heterocycles. The minimum atomic E-state index is 0. The van der Waals surface area contributed by atoms with Gasteiger partial charge in [0.2, 0.25) is 0 Å². The average Bonchev–Trinajstić information content (AvgIpc) is 3.14. The Morgan fingerprint density at radius 1 is 1.26 bits per heavy atom. The monoisotopic (exact) mass is 490 g/mol. The van der Waals surface area contributed by atoms with Crippen LogP contribution in [0, 0.1) is 5.92 Å². The van der Waals surface area contributed by atoms with Crippen LogP contribution in [-0.2, 0) is 4.74 Å². The second-order valence-electron chi connectivity index (χ2n) is 6.47. The molecule has 0 spiro atoms. The van der Waals surface area contributed by atoms with Crippen molar-refractivity contribution in [3.8, 4) is 5.75 Å². The molecule has 1 aliphatic heterocycles. The average molecular weight is 490 g/mol. The lowest BCUT2D eigenvalue weighted by molar-refractivity contribution is 0.145. The minimum absolute atomic E-state index is 0. The fraction of sp³-hybridized carbons (Fsp3) is 0.650. The summed E-state index contributed by atoms with van der Waals surface area (Å²) in [5.41, 5.74) is 1.18. The standard InChI is InChI=1S/C20H34N4O2.HI/c1-4-21-20(22-12-8-14-26-5-2)23-15-17-11-13-24(16-17)18-9-6-7-10-19(18)25-3;/h6-7,9-10,17H,4-5,8,11-16H2,1-3H3,(H2,21,22,23);1H.